The van der Waals surface area contributed by atoms with Crippen LogP contribution in [-0.2, 0) is 11.2 Å². The van der Waals surface area contributed by atoms with Gasteiger partial charge in [-0.15, -0.1) is 0 Å². The Balaban J connectivity index is 1.63. The molecule has 0 aliphatic carbocycles. The largest absolute Gasteiger partial charge is 0.326 e. The van der Waals surface area contributed by atoms with Crippen LogP contribution in [-0.4, -0.2) is 38.8 Å². The van der Waals surface area contributed by atoms with Gasteiger partial charge in [0.05, 0.1) is 11.9 Å². The number of hydrogen-bond donors (Lipinski definition) is 2. The molecule has 1 amide bonds. The lowest BCUT2D eigenvalue weighted by molar-refractivity contribution is -0.114. The van der Waals surface area contributed by atoms with Crippen LogP contribution >= 0.6 is 0 Å². The number of carbonyl (C=O) groups excluding carboxylic acids is 1. The van der Waals surface area contributed by atoms with Gasteiger partial charge in [-0.3, -0.25) is 20.0 Å². The van der Waals surface area contributed by atoms with Crippen molar-refractivity contribution in [3.05, 3.63) is 41.0 Å². The highest BCUT2D eigenvalue weighted by molar-refractivity contribution is 5.86. The monoisotopic (exact) mass is 355 g/mol. The molecule has 1 fully saturated rings. The van der Waals surface area contributed by atoms with Gasteiger partial charge in [-0.05, 0) is 70.2 Å². The van der Waals surface area contributed by atoms with Gasteiger partial charge in [-0.2, -0.15) is 0 Å². The third-order valence-corrected chi connectivity index (χ3v) is 5.10. The molecule has 2 N–H and O–H groups in total. The van der Waals surface area contributed by atoms with E-state index in [0.29, 0.717) is 11.9 Å². The number of piperidine rings is 1. The van der Waals surface area contributed by atoms with E-state index in [2.05, 4.69) is 58.1 Å². The highest BCUT2D eigenvalue weighted by Gasteiger charge is 2.25. The van der Waals surface area contributed by atoms with Gasteiger partial charge in [0.15, 0.2) is 0 Å². The van der Waals surface area contributed by atoms with Crippen molar-refractivity contribution < 1.29 is 4.79 Å². The minimum atomic E-state index is -0.112. The number of likely N-dealkylation sites (tertiary alicyclic amines) is 1. The lowest BCUT2D eigenvalue weighted by Crippen LogP contribution is -2.38. The van der Waals surface area contributed by atoms with E-state index >= 15 is 0 Å². The van der Waals surface area contributed by atoms with Crippen molar-refractivity contribution in [3.63, 3.8) is 0 Å². The zero-order chi connectivity index (χ0) is 18.7. The smallest absolute Gasteiger partial charge is 0.223 e. The van der Waals surface area contributed by atoms with Crippen LogP contribution in [0.2, 0.25) is 0 Å². The van der Waals surface area contributed by atoms with Crippen molar-refractivity contribution >= 4 is 11.9 Å². The number of carbonyl (C=O) groups is 1. The fourth-order valence-electron chi connectivity index (χ4n) is 3.96. The van der Waals surface area contributed by atoms with Crippen molar-refractivity contribution in [1.29, 1.82) is 0 Å². The van der Waals surface area contributed by atoms with E-state index in [0.717, 1.165) is 36.6 Å². The Labute approximate surface area is 155 Å². The molecule has 3 heterocycles. The number of hydrogen-bond acceptors (Lipinski definition) is 4. The number of amides is 1. The van der Waals surface area contributed by atoms with Crippen LogP contribution in [0.25, 0.3) is 0 Å². The molecule has 0 radical (unpaired) electrons. The maximum atomic E-state index is 11.2. The van der Waals surface area contributed by atoms with E-state index in [1.165, 1.54) is 25.3 Å². The molecule has 1 saturated heterocycles. The molecule has 140 valence electrons. The summed E-state index contributed by atoms with van der Waals surface area (Å²) >= 11 is 0. The molecule has 0 bridgehead atoms. The topological polar surface area (TPSA) is 73.9 Å². The van der Waals surface area contributed by atoms with Crippen LogP contribution in [0.1, 0.15) is 55.4 Å². The second-order valence-corrected chi connectivity index (χ2v) is 7.51. The minimum absolute atomic E-state index is 0.112. The number of imidazole rings is 1. The highest BCUT2D eigenvalue weighted by atomic mass is 16.1. The fourth-order valence-corrected chi connectivity index (χ4v) is 3.96. The molecule has 2 atom stereocenters. The van der Waals surface area contributed by atoms with Crippen molar-refractivity contribution in [2.45, 2.75) is 53.0 Å². The van der Waals surface area contributed by atoms with Crippen LogP contribution in [0.4, 0.5) is 5.95 Å². The SMILES string of the molecule is CC(=O)Nc1ncc(C(C)N2CCCC(Cc3cc(C)nc(C)c3)C2)[nH]1. The van der Waals surface area contributed by atoms with Gasteiger partial charge in [-0.25, -0.2) is 4.98 Å². The number of pyridine rings is 1. The summed E-state index contributed by atoms with van der Waals surface area (Å²) in [6, 6.07) is 4.68. The standard InChI is InChI=1S/C20H29N5O/c1-13-8-18(9-14(2)22-13)10-17-6-5-7-25(12-17)15(3)19-11-21-20(24-19)23-16(4)26/h8-9,11,15,17H,5-7,10,12H2,1-4H3,(H2,21,23,24,26). The van der Waals surface area contributed by atoms with Gasteiger partial charge >= 0.3 is 0 Å². The first kappa shape index (κ1) is 18.6. The Morgan fingerprint density at radius 1 is 1.38 bits per heavy atom. The summed E-state index contributed by atoms with van der Waals surface area (Å²) < 4.78 is 0. The first-order valence-electron chi connectivity index (χ1n) is 9.41. The number of rotatable bonds is 5. The zero-order valence-electron chi connectivity index (χ0n) is 16.2. The molecule has 3 rings (SSSR count). The Bertz CT molecular complexity index is 749. The molecule has 26 heavy (non-hydrogen) atoms. The van der Waals surface area contributed by atoms with Crippen LogP contribution < -0.4 is 5.32 Å². The first-order valence-corrected chi connectivity index (χ1v) is 9.41. The quantitative estimate of drug-likeness (QED) is 0.862. The van der Waals surface area contributed by atoms with Crippen molar-refractivity contribution in [2.75, 3.05) is 18.4 Å². The molecule has 1 aliphatic rings. The number of nitrogens with one attached hydrogen (secondary N) is 2. The number of aryl methyl sites for hydroxylation is 2. The van der Waals surface area contributed by atoms with Crippen LogP contribution in [0.3, 0.4) is 0 Å². The van der Waals surface area contributed by atoms with Crippen molar-refractivity contribution in [1.82, 2.24) is 19.9 Å². The number of nitrogens with zero attached hydrogens (tertiary/aromatic N) is 3. The molecule has 0 spiro atoms. The molecular weight excluding hydrogens is 326 g/mol. The second-order valence-electron chi connectivity index (χ2n) is 7.51. The van der Waals surface area contributed by atoms with Gasteiger partial charge in [0, 0.05) is 30.9 Å². The average Bonchev–Trinajstić information content (AvgIpc) is 3.01. The molecule has 2 unspecified atom stereocenters. The van der Waals surface area contributed by atoms with E-state index in [1.54, 1.807) is 0 Å². The maximum absolute atomic E-state index is 11.2. The van der Waals surface area contributed by atoms with Crippen LogP contribution in [0.5, 0.6) is 0 Å². The molecule has 6 heteroatoms. The minimum Gasteiger partial charge on any atom is -0.326 e. The Hall–Kier alpha value is -2.21. The summed E-state index contributed by atoms with van der Waals surface area (Å²) in [5.41, 5.74) is 4.64. The predicted molar refractivity (Wildman–Crippen MR) is 103 cm³/mol. The van der Waals surface area contributed by atoms with E-state index < -0.39 is 0 Å². The van der Waals surface area contributed by atoms with E-state index in [4.69, 9.17) is 0 Å². The normalized spacial score (nSPS) is 19.3. The second kappa shape index (κ2) is 7.99. The molecule has 6 nitrogen and oxygen atoms in total. The Kier molecular flexibility index (Phi) is 5.71. The van der Waals surface area contributed by atoms with Gasteiger partial charge in [-0.1, -0.05) is 0 Å². The molecule has 2 aromatic rings. The fraction of sp³-hybridized carbons (Fsp3) is 0.550. The maximum Gasteiger partial charge on any atom is 0.223 e. The number of aromatic amines is 1. The van der Waals surface area contributed by atoms with E-state index in [9.17, 15) is 4.79 Å². The summed E-state index contributed by atoms with van der Waals surface area (Å²) in [5.74, 6) is 1.07. The molecule has 2 aromatic heterocycles. The Morgan fingerprint density at radius 3 is 2.81 bits per heavy atom. The summed E-state index contributed by atoms with van der Waals surface area (Å²) in [6.45, 7) is 10.0. The molecule has 0 aromatic carbocycles. The van der Waals surface area contributed by atoms with Crippen molar-refractivity contribution in [3.8, 4) is 0 Å². The summed E-state index contributed by atoms with van der Waals surface area (Å²) in [6.07, 6.45) is 5.41. The third-order valence-electron chi connectivity index (χ3n) is 5.10. The third kappa shape index (κ3) is 4.69. The summed E-state index contributed by atoms with van der Waals surface area (Å²) in [5, 5.41) is 2.70. The summed E-state index contributed by atoms with van der Waals surface area (Å²) in [4.78, 5) is 25.7. The van der Waals surface area contributed by atoms with Gasteiger partial charge < -0.3 is 4.98 Å². The predicted octanol–water partition coefficient (Wildman–Crippen LogP) is 3.40. The lowest BCUT2D eigenvalue weighted by Gasteiger charge is -2.36. The van der Waals surface area contributed by atoms with Crippen LogP contribution in [0.15, 0.2) is 18.3 Å². The number of H-pyrrole nitrogens is 1. The average molecular weight is 355 g/mol. The lowest BCUT2D eigenvalue weighted by atomic mass is 9.90. The van der Waals surface area contributed by atoms with E-state index in [-0.39, 0.29) is 11.9 Å². The van der Waals surface area contributed by atoms with Gasteiger partial charge in [0.1, 0.15) is 0 Å². The van der Waals surface area contributed by atoms with Gasteiger partial charge in [0.25, 0.3) is 0 Å². The first-order chi connectivity index (χ1) is 12.4. The van der Waals surface area contributed by atoms with Crippen molar-refractivity contribution in [2.24, 2.45) is 5.92 Å². The zero-order valence-corrected chi connectivity index (χ0v) is 16.2. The highest BCUT2D eigenvalue weighted by Crippen LogP contribution is 2.28. The summed E-state index contributed by atoms with van der Waals surface area (Å²) in [7, 11) is 0. The van der Waals surface area contributed by atoms with Crippen LogP contribution in [0, 0.1) is 19.8 Å². The van der Waals surface area contributed by atoms with E-state index in [1.807, 2.05) is 6.20 Å². The number of anilines is 1. The molecule has 1 aliphatic heterocycles. The molecular formula is C20H29N5O. The molecule has 0 saturated carbocycles. The Morgan fingerprint density at radius 2 is 2.12 bits per heavy atom. The van der Waals surface area contributed by atoms with Gasteiger partial charge in [0.2, 0.25) is 11.9 Å². The number of aromatic nitrogens is 3.